The fraction of sp³-hybridized carbons (Fsp3) is 0.567. The lowest BCUT2D eigenvalue weighted by molar-refractivity contribution is -0.190. The van der Waals surface area contributed by atoms with Crippen LogP contribution in [-0.2, 0) is 32.4 Å². The monoisotopic (exact) mass is 552 g/mol. The average Bonchev–Trinajstić information content (AvgIpc) is 3.61. The Morgan fingerprint density at radius 3 is 2.72 bits per heavy atom. The standard InChI is InChI=1S/C30H36N2O6S/c1-18-5-3-4-6-22(18)17-39(35,36)31-23-11-12-30(34)25-15-21-9-10-24(37-19(2)33)27-26(21)29(30,28(23)38-27)13-14-32(25)16-20-7-8-20/h3-6,9-10,20,23,25,28,31,34H,7-8,11-17H2,1-2H3/t23-,25-,28+,29+,30-/m1/s1. The molecule has 208 valence electrons. The van der Waals surface area contributed by atoms with Crippen LogP contribution in [-0.4, -0.2) is 61.3 Å². The van der Waals surface area contributed by atoms with Crippen LogP contribution in [0.2, 0.25) is 0 Å². The summed E-state index contributed by atoms with van der Waals surface area (Å²) < 4.78 is 42.2. The Morgan fingerprint density at radius 1 is 1.18 bits per heavy atom. The predicted octanol–water partition coefficient (Wildman–Crippen LogP) is 2.97. The zero-order valence-electron chi connectivity index (χ0n) is 22.5. The molecular weight excluding hydrogens is 516 g/mol. The van der Waals surface area contributed by atoms with E-state index in [1.54, 1.807) is 6.07 Å². The summed E-state index contributed by atoms with van der Waals surface area (Å²) in [6, 6.07) is 10.7. The van der Waals surface area contributed by atoms with Crippen molar-refractivity contribution in [1.29, 1.82) is 0 Å². The summed E-state index contributed by atoms with van der Waals surface area (Å²) >= 11 is 0. The normalized spacial score (nSPS) is 32.8. The van der Waals surface area contributed by atoms with E-state index in [1.807, 2.05) is 37.3 Å². The Labute approximate surface area is 229 Å². The van der Waals surface area contributed by atoms with Gasteiger partial charge in [-0.15, -0.1) is 0 Å². The van der Waals surface area contributed by atoms with Gasteiger partial charge >= 0.3 is 5.97 Å². The molecule has 0 amide bonds. The van der Waals surface area contributed by atoms with Crippen molar-refractivity contribution >= 4 is 16.0 Å². The molecule has 5 aliphatic rings. The third-order valence-electron chi connectivity index (χ3n) is 9.94. The van der Waals surface area contributed by atoms with Crippen molar-refractivity contribution in [3.8, 4) is 11.5 Å². The molecule has 3 aliphatic carbocycles. The van der Waals surface area contributed by atoms with Crippen LogP contribution >= 0.6 is 0 Å². The van der Waals surface area contributed by atoms with Crippen LogP contribution < -0.4 is 14.2 Å². The lowest BCUT2D eigenvalue weighted by atomic mass is 9.48. The van der Waals surface area contributed by atoms with Crippen LogP contribution in [0.1, 0.15) is 61.3 Å². The molecule has 2 N–H and O–H groups in total. The molecule has 7 rings (SSSR count). The molecule has 2 aliphatic heterocycles. The molecule has 0 radical (unpaired) electrons. The Morgan fingerprint density at radius 2 is 1.97 bits per heavy atom. The highest BCUT2D eigenvalue weighted by molar-refractivity contribution is 7.88. The number of nitrogens with one attached hydrogen (secondary N) is 1. The number of piperidine rings is 1. The van der Waals surface area contributed by atoms with E-state index in [2.05, 4.69) is 9.62 Å². The highest BCUT2D eigenvalue weighted by atomic mass is 32.2. The topological polar surface area (TPSA) is 105 Å². The number of aryl methyl sites for hydroxylation is 1. The van der Waals surface area contributed by atoms with Gasteiger partial charge in [0.1, 0.15) is 6.10 Å². The maximum absolute atomic E-state index is 13.5. The number of benzene rings is 2. The van der Waals surface area contributed by atoms with Crippen LogP contribution in [0.5, 0.6) is 11.5 Å². The third kappa shape index (κ3) is 3.88. The van der Waals surface area contributed by atoms with E-state index in [0.29, 0.717) is 43.1 Å². The van der Waals surface area contributed by atoms with Crippen molar-refractivity contribution < 1.29 is 27.8 Å². The van der Waals surface area contributed by atoms with Gasteiger partial charge in [0.25, 0.3) is 0 Å². The van der Waals surface area contributed by atoms with Crippen molar-refractivity contribution in [1.82, 2.24) is 9.62 Å². The SMILES string of the molecule is CC(=O)Oc1ccc2c3c1O[C@H]1[C@H](NS(=O)(=O)Cc4ccccc4C)CC[C@@]4(O)[C@@H](C2)N(CC2CC2)CC[C@]314. The van der Waals surface area contributed by atoms with E-state index in [-0.39, 0.29) is 11.8 Å². The number of carbonyl (C=O) groups is 1. The van der Waals surface area contributed by atoms with Crippen LogP contribution in [0.15, 0.2) is 36.4 Å². The van der Waals surface area contributed by atoms with Crippen molar-refractivity contribution in [2.45, 2.75) is 87.3 Å². The molecule has 39 heavy (non-hydrogen) atoms. The first-order valence-electron chi connectivity index (χ1n) is 14.1. The largest absolute Gasteiger partial charge is 0.483 e. The summed E-state index contributed by atoms with van der Waals surface area (Å²) in [5.41, 5.74) is 1.87. The summed E-state index contributed by atoms with van der Waals surface area (Å²) in [6.45, 7) is 5.09. The Kier molecular flexibility index (Phi) is 5.73. The number of ether oxygens (including phenoxy) is 2. The maximum atomic E-state index is 13.5. The number of sulfonamides is 1. The zero-order valence-corrected chi connectivity index (χ0v) is 23.3. The van der Waals surface area contributed by atoms with E-state index in [9.17, 15) is 18.3 Å². The van der Waals surface area contributed by atoms with Crippen molar-refractivity contribution in [2.75, 3.05) is 13.1 Å². The van der Waals surface area contributed by atoms with Gasteiger partial charge in [-0.05, 0) is 80.7 Å². The lowest BCUT2D eigenvalue weighted by Gasteiger charge is -2.64. The maximum Gasteiger partial charge on any atom is 0.308 e. The number of nitrogens with zero attached hydrogens (tertiary/aromatic N) is 1. The second kappa shape index (κ2) is 8.77. The summed E-state index contributed by atoms with van der Waals surface area (Å²) in [4.78, 5) is 14.4. The molecule has 0 unspecified atom stereocenters. The number of hydrogen-bond donors (Lipinski definition) is 2. The number of aliphatic hydroxyl groups is 1. The Bertz CT molecular complexity index is 1460. The number of likely N-dealkylation sites (tertiary alicyclic amines) is 1. The van der Waals surface area contributed by atoms with Gasteiger partial charge in [-0.1, -0.05) is 30.3 Å². The van der Waals surface area contributed by atoms with Gasteiger partial charge in [0.15, 0.2) is 11.5 Å². The first-order chi connectivity index (χ1) is 18.6. The first kappa shape index (κ1) is 25.5. The third-order valence-corrected chi connectivity index (χ3v) is 11.3. The summed E-state index contributed by atoms with van der Waals surface area (Å²) in [6.07, 6.45) is 4.21. The van der Waals surface area contributed by atoms with Crippen molar-refractivity contribution in [3.63, 3.8) is 0 Å². The summed E-state index contributed by atoms with van der Waals surface area (Å²) in [7, 11) is -3.70. The lowest BCUT2D eigenvalue weighted by Crippen LogP contribution is -2.78. The molecule has 1 saturated heterocycles. The number of esters is 1. The van der Waals surface area contributed by atoms with Crippen LogP contribution in [0.3, 0.4) is 0 Å². The summed E-state index contributed by atoms with van der Waals surface area (Å²) in [5.74, 6) is 0.972. The van der Waals surface area contributed by atoms with Gasteiger partial charge in [-0.25, -0.2) is 13.1 Å². The smallest absolute Gasteiger partial charge is 0.308 e. The van der Waals surface area contributed by atoms with Gasteiger partial charge in [0, 0.05) is 25.1 Å². The van der Waals surface area contributed by atoms with Gasteiger partial charge < -0.3 is 14.6 Å². The van der Waals surface area contributed by atoms with E-state index in [4.69, 9.17) is 9.47 Å². The number of rotatable bonds is 7. The van der Waals surface area contributed by atoms with E-state index in [0.717, 1.165) is 35.3 Å². The fourth-order valence-electron chi connectivity index (χ4n) is 8.08. The molecule has 2 bridgehead atoms. The van der Waals surface area contributed by atoms with Gasteiger partial charge in [-0.3, -0.25) is 9.69 Å². The van der Waals surface area contributed by atoms with Crippen LogP contribution in [0, 0.1) is 12.8 Å². The highest BCUT2D eigenvalue weighted by Gasteiger charge is 2.73. The van der Waals surface area contributed by atoms with Crippen LogP contribution in [0.25, 0.3) is 0 Å². The van der Waals surface area contributed by atoms with E-state index >= 15 is 0 Å². The minimum atomic E-state index is -3.70. The Hall–Kier alpha value is -2.46. The molecule has 2 aromatic carbocycles. The van der Waals surface area contributed by atoms with Gasteiger partial charge in [-0.2, -0.15) is 0 Å². The second-order valence-electron chi connectivity index (χ2n) is 12.3. The van der Waals surface area contributed by atoms with Crippen molar-refractivity contribution in [3.05, 3.63) is 58.7 Å². The van der Waals surface area contributed by atoms with E-state index < -0.39 is 39.2 Å². The Balaban J connectivity index is 1.29. The predicted molar refractivity (Wildman–Crippen MR) is 145 cm³/mol. The minimum absolute atomic E-state index is 0.0551. The summed E-state index contributed by atoms with van der Waals surface area (Å²) in [5, 5.41) is 12.7. The molecule has 8 nitrogen and oxygen atoms in total. The highest BCUT2D eigenvalue weighted by Crippen LogP contribution is 2.65. The molecule has 0 aromatic heterocycles. The van der Waals surface area contributed by atoms with Gasteiger partial charge in [0.2, 0.25) is 10.0 Å². The molecule has 2 heterocycles. The molecule has 2 aromatic rings. The average molecular weight is 553 g/mol. The zero-order chi connectivity index (χ0) is 27.2. The molecule has 3 fully saturated rings. The number of hydrogen-bond acceptors (Lipinski definition) is 7. The molecule has 1 spiro atoms. The second-order valence-corrected chi connectivity index (χ2v) is 14.1. The quantitative estimate of drug-likeness (QED) is 0.402. The fourth-order valence-corrected chi connectivity index (χ4v) is 9.60. The molecule has 2 saturated carbocycles. The minimum Gasteiger partial charge on any atom is -0.483 e. The van der Waals surface area contributed by atoms with Crippen LogP contribution in [0.4, 0.5) is 0 Å². The van der Waals surface area contributed by atoms with Crippen molar-refractivity contribution in [2.24, 2.45) is 5.92 Å². The van der Waals surface area contributed by atoms with Gasteiger partial charge in [0.05, 0.1) is 22.8 Å². The molecule has 9 heteroatoms. The first-order valence-corrected chi connectivity index (χ1v) is 15.8. The molecule has 5 atom stereocenters. The number of carbonyl (C=O) groups excluding carboxylic acids is 1. The van der Waals surface area contributed by atoms with E-state index in [1.165, 1.54) is 19.8 Å². The molecular formula is C30H36N2O6S.